The molecular formula is C14H19NO5. The van der Waals surface area contributed by atoms with Gasteiger partial charge >= 0.3 is 11.9 Å². The first kappa shape index (κ1) is 15.9. The summed E-state index contributed by atoms with van der Waals surface area (Å²) in [6.07, 6.45) is -0.817. The van der Waals surface area contributed by atoms with Crippen molar-refractivity contribution in [2.75, 3.05) is 6.61 Å². The fourth-order valence-electron chi connectivity index (χ4n) is 1.77. The van der Waals surface area contributed by atoms with Gasteiger partial charge < -0.3 is 14.5 Å². The van der Waals surface area contributed by atoms with E-state index in [1.807, 2.05) is 0 Å². The van der Waals surface area contributed by atoms with Crippen LogP contribution >= 0.6 is 0 Å². The number of H-pyrrole nitrogens is 1. The third-order valence-electron chi connectivity index (χ3n) is 2.98. The lowest BCUT2D eigenvalue weighted by Crippen LogP contribution is -2.22. The number of esters is 2. The van der Waals surface area contributed by atoms with E-state index in [1.54, 1.807) is 20.8 Å². The van der Waals surface area contributed by atoms with Crippen molar-refractivity contribution in [1.82, 2.24) is 4.98 Å². The average Bonchev–Trinajstić information content (AvgIpc) is 2.64. The van der Waals surface area contributed by atoms with Gasteiger partial charge in [0.2, 0.25) is 0 Å². The van der Waals surface area contributed by atoms with Crippen LogP contribution in [0.1, 0.15) is 52.9 Å². The number of aryl methyl sites for hydroxylation is 1. The molecule has 1 aromatic heterocycles. The standard InChI is InChI=1S/C14H19NO5/c1-6-19-14(18)12-7(2)11(8(3)15-12)13(17)20-10(5)9(4)16/h10,15H,6H2,1-5H3/t10-/m1/s1. The molecule has 1 heterocycles. The molecule has 0 saturated carbocycles. The van der Waals surface area contributed by atoms with Crippen LogP contribution in [-0.2, 0) is 14.3 Å². The largest absolute Gasteiger partial charge is 0.461 e. The number of ketones is 1. The van der Waals surface area contributed by atoms with E-state index in [0.29, 0.717) is 11.3 Å². The van der Waals surface area contributed by atoms with Crippen molar-refractivity contribution in [2.24, 2.45) is 0 Å². The summed E-state index contributed by atoms with van der Waals surface area (Å²) in [6, 6.07) is 0. The molecule has 1 N–H and O–H groups in total. The highest BCUT2D eigenvalue weighted by molar-refractivity contribution is 5.99. The fraction of sp³-hybridized carbons (Fsp3) is 0.500. The molecule has 0 amide bonds. The van der Waals surface area contributed by atoms with Gasteiger partial charge in [-0.25, -0.2) is 9.59 Å². The number of carbonyl (C=O) groups is 3. The smallest absolute Gasteiger partial charge is 0.355 e. The zero-order valence-electron chi connectivity index (χ0n) is 12.3. The highest BCUT2D eigenvalue weighted by Gasteiger charge is 2.25. The van der Waals surface area contributed by atoms with E-state index in [4.69, 9.17) is 9.47 Å². The molecule has 1 atom stereocenters. The Kier molecular flexibility index (Phi) is 5.07. The number of hydrogen-bond acceptors (Lipinski definition) is 5. The molecule has 6 nitrogen and oxygen atoms in total. The molecule has 0 aliphatic heterocycles. The summed E-state index contributed by atoms with van der Waals surface area (Å²) < 4.78 is 9.95. The Morgan fingerprint density at radius 1 is 1.20 bits per heavy atom. The molecule has 0 aliphatic rings. The number of hydrogen-bond donors (Lipinski definition) is 1. The van der Waals surface area contributed by atoms with Crippen LogP contribution in [0.3, 0.4) is 0 Å². The van der Waals surface area contributed by atoms with E-state index in [2.05, 4.69) is 4.98 Å². The van der Waals surface area contributed by atoms with E-state index in [9.17, 15) is 14.4 Å². The van der Waals surface area contributed by atoms with Crippen LogP contribution in [0.4, 0.5) is 0 Å². The second-order valence-electron chi connectivity index (χ2n) is 4.50. The van der Waals surface area contributed by atoms with Crippen LogP contribution < -0.4 is 0 Å². The number of nitrogens with one attached hydrogen (secondary N) is 1. The molecule has 0 fully saturated rings. The molecule has 0 unspecified atom stereocenters. The molecular weight excluding hydrogens is 262 g/mol. The highest BCUT2D eigenvalue weighted by Crippen LogP contribution is 2.20. The lowest BCUT2D eigenvalue weighted by Gasteiger charge is -2.10. The summed E-state index contributed by atoms with van der Waals surface area (Å²) >= 11 is 0. The maximum atomic E-state index is 12.0. The van der Waals surface area contributed by atoms with Crippen molar-refractivity contribution >= 4 is 17.7 Å². The Morgan fingerprint density at radius 2 is 1.80 bits per heavy atom. The number of carbonyl (C=O) groups excluding carboxylic acids is 3. The SMILES string of the molecule is CCOC(=O)c1[nH]c(C)c(C(=O)O[C@H](C)C(C)=O)c1C. The summed E-state index contributed by atoms with van der Waals surface area (Å²) in [7, 11) is 0. The van der Waals surface area contributed by atoms with Gasteiger partial charge in [0, 0.05) is 5.69 Å². The van der Waals surface area contributed by atoms with E-state index in [0.717, 1.165) is 0 Å². The molecule has 6 heteroatoms. The minimum absolute atomic E-state index is 0.228. The van der Waals surface area contributed by atoms with Gasteiger partial charge in [-0.1, -0.05) is 0 Å². The van der Waals surface area contributed by atoms with Gasteiger partial charge in [-0.2, -0.15) is 0 Å². The first-order valence-corrected chi connectivity index (χ1v) is 6.37. The molecule has 0 spiro atoms. The molecule has 1 rings (SSSR count). The summed E-state index contributed by atoms with van der Waals surface area (Å²) in [6.45, 7) is 8.09. The number of rotatable bonds is 5. The van der Waals surface area contributed by atoms with Gasteiger partial charge in [-0.05, 0) is 40.2 Å². The average molecular weight is 281 g/mol. The summed E-state index contributed by atoms with van der Waals surface area (Å²) in [5.74, 6) is -1.39. The first-order chi connectivity index (χ1) is 9.29. The minimum atomic E-state index is -0.817. The second kappa shape index (κ2) is 6.36. The van der Waals surface area contributed by atoms with Gasteiger partial charge in [0.15, 0.2) is 11.9 Å². The van der Waals surface area contributed by atoms with E-state index in [-0.39, 0.29) is 23.6 Å². The Bertz CT molecular complexity index is 544. The molecule has 0 bridgehead atoms. The normalized spacial score (nSPS) is 11.8. The predicted octanol–water partition coefficient (Wildman–Crippen LogP) is 1.94. The van der Waals surface area contributed by atoms with E-state index in [1.165, 1.54) is 13.8 Å². The molecule has 0 radical (unpaired) electrons. The van der Waals surface area contributed by atoms with Crippen LogP contribution in [-0.4, -0.2) is 35.4 Å². The lowest BCUT2D eigenvalue weighted by molar-refractivity contribution is -0.124. The molecule has 0 aliphatic carbocycles. The van der Waals surface area contributed by atoms with Crippen LogP contribution in [0.15, 0.2) is 0 Å². The highest BCUT2D eigenvalue weighted by atomic mass is 16.5. The van der Waals surface area contributed by atoms with Crippen molar-refractivity contribution in [3.8, 4) is 0 Å². The molecule has 0 saturated heterocycles. The number of aromatic nitrogens is 1. The topological polar surface area (TPSA) is 85.5 Å². The summed E-state index contributed by atoms with van der Waals surface area (Å²) in [5.41, 5.74) is 1.46. The monoisotopic (exact) mass is 281 g/mol. The summed E-state index contributed by atoms with van der Waals surface area (Å²) in [4.78, 5) is 37.7. The predicted molar refractivity (Wildman–Crippen MR) is 71.8 cm³/mol. The maximum Gasteiger partial charge on any atom is 0.355 e. The van der Waals surface area contributed by atoms with E-state index >= 15 is 0 Å². The fourth-order valence-corrected chi connectivity index (χ4v) is 1.77. The Morgan fingerprint density at radius 3 is 2.30 bits per heavy atom. The van der Waals surface area contributed by atoms with Crippen molar-refractivity contribution in [2.45, 2.75) is 40.7 Å². The van der Waals surface area contributed by atoms with E-state index < -0.39 is 18.0 Å². The van der Waals surface area contributed by atoms with Gasteiger partial charge in [0.1, 0.15) is 5.69 Å². The number of aromatic amines is 1. The number of ether oxygens (including phenoxy) is 2. The molecule has 20 heavy (non-hydrogen) atoms. The molecule has 1 aromatic rings. The summed E-state index contributed by atoms with van der Waals surface area (Å²) in [5, 5.41) is 0. The van der Waals surface area contributed by atoms with Crippen LogP contribution in [0, 0.1) is 13.8 Å². The minimum Gasteiger partial charge on any atom is -0.461 e. The van der Waals surface area contributed by atoms with Crippen molar-refractivity contribution < 1.29 is 23.9 Å². The van der Waals surface area contributed by atoms with Gasteiger partial charge in [-0.15, -0.1) is 0 Å². The van der Waals surface area contributed by atoms with Crippen LogP contribution in [0.5, 0.6) is 0 Å². The quantitative estimate of drug-likeness (QED) is 0.834. The van der Waals surface area contributed by atoms with Crippen LogP contribution in [0.25, 0.3) is 0 Å². The third-order valence-corrected chi connectivity index (χ3v) is 2.98. The number of Topliss-reactive ketones (excluding diaryl/α,β-unsaturated/α-hetero) is 1. The van der Waals surface area contributed by atoms with Gasteiger partial charge in [0.25, 0.3) is 0 Å². The zero-order chi connectivity index (χ0) is 15.4. The van der Waals surface area contributed by atoms with Crippen molar-refractivity contribution in [3.05, 3.63) is 22.5 Å². The molecule has 0 aromatic carbocycles. The zero-order valence-corrected chi connectivity index (χ0v) is 12.3. The first-order valence-electron chi connectivity index (χ1n) is 6.37. The van der Waals surface area contributed by atoms with Gasteiger partial charge in [0.05, 0.1) is 12.2 Å². The van der Waals surface area contributed by atoms with Crippen LogP contribution in [0.2, 0.25) is 0 Å². The molecule has 110 valence electrons. The Labute approximate surface area is 117 Å². The Hall–Kier alpha value is -2.11. The second-order valence-corrected chi connectivity index (χ2v) is 4.50. The maximum absolute atomic E-state index is 12.0. The lowest BCUT2D eigenvalue weighted by atomic mass is 10.1. The Balaban J connectivity index is 3.05. The van der Waals surface area contributed by atoms with Crippen molar-refractivity contribution in [3.63, 3.8) is 0 Å². The third kappa shape index (κ3) is 3.26. The van der Waals surface area contributed by atoms with Gasteiger partial charge in [-0.3, -0.25) is 4.79 Å². The van der Waals surface area contributed by atoms with Crippen molar-refractivity contribution in [1.29, 1.82) is 0 Å².